The fourth-order valence-corrected chi connectivity index (χ4v) is 3.62. The van der Waals surface area contributed by atoms with Crippen LogP contribution in [0.15, 0.2) is 79.1 Å². The van der Waals surface area contributed by atoms with Gasteiger partial charge in [-0.3, -0.25) is 14.0 Å². The van der Waals surface area contributed by atoms with E-state index in [1.54, 1.807) is 24.5 Å². The lowest BCUT2D eigenvalue weighted by molar-refractivity contribution is -0.113. The highest BCUT2D eigenvalue weighted by Crippen LogP contribution is 2.24. The van der Waals surface area contributed by atoms with Crippen molar-refractivity contribution in [3.05, 3.63) is 84.7 Å². The van der Waals surface area contributed by atoms with Gasteiger partial charge in [-0.2, -0.15) is 0 Å². The number of benzene rings is 2. The third kappa shape index (κ3) is 4.84. The summed E-state index contributed by atoms with van der Waals surface area (Å²) in [5.41, 5.74) is 3.70. The maximum atomic E-state index is 12.4. The first-order valence-corrected chi connectivity index (χ1v) is 9.39. The van der Waals surface area contributed by atoms with Crippen molar-refractivity contribution in [2.24, 2.45) is 0 Å². The number of hydrogen-bond donors (Lipinski definition) is 1. The van der Waals surface area contributed by atoms with Gasteiger partial charge in [0.25, 0.3) is 0 Å². The summed E-state index contributed by atoms with van der Waals surface area (Å²) in [6.07, 6.45) is 3.19. The average molecular weight is 350 g/mol. The fraction of sp³-hybridized carbons (Fsp3) is 0.100. The molecule has 0 saturated heterocycles. The van der Waals surface area contributed by atoms with Crippen LogP contribution in [0, 0.1) is 0 Å². The molecular formula is C20H18N2O2S. The number of amides is 1. The predicted octanol–water partition coefficient (Wildman–Crippen LogP) is 3.64. The number of rotatable bonds is 6. The van der Waals surface area contributed by atoms with E-state index in [1.165, 1.54) is 0 Å². The lowest BCUT2D eigenvalue weighted by atomic mass is 10.0. The molecule has 0 spiro atoms. The van der Waals surface area contributed by atoms with Crippen molar-refractivity contribution >= 4 is 22.4 Å². The Bertz CT molecular complexity index is 867. The van der Waals surface area contributed by atoms with Crippen molar-refractivity contribution in [1.29, 1.82) is 0 Å². The monoisotopic (exact) mass is 350 g/mol. The molecule has 3 aromatic rings. The zero-order chi connectivity index (χ0) is 17.5. The van der Waals surface area contributed by atoms with Gasteiger partial charge >= 0.3 is 0 Å². The zero-order valence-electron chi connectivity index (χ0n) is 13.6. The summed E-state index contributed by atoms with van der Waals surface area (Å²) in [5, 5.41) is 2.71. The molecule has 25 heavy (non-hydrogen) atoms. The van der Waals surface area contributed by atoms with E-state index in [1.807, 2.05) is 54.6 Å². The minimum absolute atomic E-state index is 0.0436. The molecule has 5 heteroatoms. The van der Waals surface area contributed by atoms with E-state index in [0.29, 0.717) is 11.4 Å². The van der Waals surface area contributed by atoms with Crippen molar-refractivity contribution < 1.29 is 9.00 Å². The van der Waals surface area contributed by atoms with Crippen LogP contribution in [0.4, 0.5) is 5.69 Å². The Labute approximate surface area is 149 Å². The van der Waals surface area contributed by atoms with Gasteiger partial charge in [0, 0.05) is 22.7 Å². The standard InChI is InChI=1S/C20H18N2O2S/c23-20(22-18-10-6-12-21-13-18)15-25(24)14-17-9-4-5-11-19(17)16-7-2-1-3-8-16/h1-13H,14-15H2,(H,22,23). The molecule has 1 atom stereocenters. The molecule has 1 aromatic heterocycles. The number of carbonyl (C=O) groups excluding carboxylic acids is 1. The summed E-state index contributed by atoms with van der Waals surface area (Å²) in [5.74, 6) is 0.0207. The number of nitrogens with zero attached hydrogens (tertiary/aromatic N) is 1. The van der Waals surface area contributed by atoms with Crippen LogP contribution in [0.2, 0.25) is 0 Å². The first kappa shape index (κ1) is 17.0. The number of carbonyl (C=O) groups is 1. The minimum atomic E-state index is -1.29. The molecule has 126 valence electrons. The topological polar surface area (TPSA) is 59.1 Å². The fourth-order valence-electron chi connectivity index (χ4n) is 2.55. The first-order chi connectivity index (χ1) is 12.2. The smallest absolute Gasteiger partial charge is 0.237 e. The molecular weight excluding hydrogens is 332 g/mol. The van der Waals surface area contributed by atoms with Crippen LogP contribution in [-0.2, 0) is 21.3 Å². The maximum Gasteiger partial charge on any atom is 0.237 e. The summed E-state index contributed by atoms with van der Waals surface area (Å²) in [6.45, 7) is 0. The Morgan fingerprint density at radius 3 is 2.48 bits per heavy atom. The number of anilines is 1. The van der Waals surface area contributed by atoms with Gasteiger partial charge in [0.1, 0.15) is 5.75 Å². The summed E-state index contributed by atoms with van der Waals surface area (Å²) in [4.78, 5) is 16.0. The molecule has 0 radical (unpaired) electrons. The average Bonchev–Trinajstić information content (AvgIpc) is 2.63. The lowest BCUT2D eigenvalue weighted by Crippen LogP contribution is -2.20. The van der Waals surface area contributed by atoms with E-state index >= 15 is 0 Å². The van der Waals surface area contributed by atoms with Gasteiger partial charge < -0.3 is 5.32 Å². The summed E-state index contributed by atoms with van der Waals surface area (Å²) in [7, 11) is -1.29. The summed E-state index contributed by atoms with van der Waals surface area (Å²) < 4.78 is 12.4. The molecule has 1 unspecified atom stereocenters. The molecule has 0 aliphatic carbocycles. The third-order valence-corrected chi connectivity index (χ3v) is 4.87. The normalized spacial score (nSPS) is 11.7. The van der Waals surface area contributed by atoms with Gasteiger partial charge in [-0.25, -0.2) is 0 Å². The van der Waals surface area contributed by atoms with Crippen LogP contribution in [0.1, 0.15) is 5.56 Å². The van der Waals surface area contributed by atoms with Crippen molar-refractivity contribution in [1.82, 2.24) is 4.98 Å². The van der Waals surface area contributed by atoms with E-state index in [-0.39, 0.29) is 11.7 Å². The molecule has 2 aromatic carbocycles. The Morgan fingerprint density at radius 1 is 0.960 bits per heavy atom. The lowest BCUT2D eigenvalue weighted by Gasteiger charge is -2.10. The second kappa shape index (κ2) is 8.35. The predicted molar refractivity (Wildman–Crippen MR) is 101 cm³/mol. The van der Waals surface area contributed by atoms with E-state index in [9.17, 15) is 9.00 Å². The van der Waals surface area contributed by atoms with Gasteiger partial charge in [0.05, 0.1) is 11.9 Å². The SMILES string of the molecule is O=C(CS(=O)Cc1ccccc1-c1ccccc1)Nc1cccnc1. The maximum absolute atomic E-state index is 12.4. The number of pyridine rings is 1. The van der Waals surface area contributed by atoms with E-state index in [0.717, 1.165) is 16.7 Å². The first-order valence-electron chi connectivity index (χ1n) is 7.90. The molecule has 0 bridgehead atoms. The quantitative estimate of drug-likeness (QED) is 0.738. The largest absolute Gasteiger partial charge is 0.324 e. The van der Waals surface area contributed by atoms with Gasteiger partial charge in [-0.1, -0.05) is 54.6 Å². The second-order valence-electron chi connectivity index (χ2n) is 5.54. The minimum Gasteiger partial charge on any atom is -0.324 e. The van der Waals surface area contributed by atoms with E-state index in [4.69, 9.17) is 0 Å². The van der Waals surface area contributed by atoms with E-state index in [2.05, 4.69) is 10.3 Å². The highest BCUT2D eigenvalue weighted by atomic mass is 32.2. The van der Waals surface area contributed by atoms with Crippen LogP contribution in [0.5, 0.6) is 0 Å². The van der Waals surface area contributed by atoms with Crippen LogP contribution >= 0.6 is 0 Å². The Balaban J connectivity index is 1.67. The Hall–Kier alpha value is -2.79. The van der Waals surface area contributed by atoms with Crippen LogP contribution < -0.4 is 5.32 Å². The molecule has 1 amide bonds. The Kier molecular flexibility index (Phi) is 5.69. The molecule has 0 aliphatic heterocycles. The van der Waals surface area contributed by atoms with Gasteiger partial charge in [0.15, 0.2) is 0 Å². The van der Waals surface area contributed by atoms with Crippen molar-refractivity contribution in [2.45, 2.75) is 5.75 Å². The molecule has 0 aliphatic rings. The van der Waals surface area contributed by atoms with Gasteiger partial charge in [-0.05, 0) is 28.8 Å². The number of aromatic nitrogens is 1. The van der Waals surface area contributed by atoms with Crippen molar-refractivity contribution in [2.75, 3.05) is 11.1 Å². The molecule has 1 N–H and O–H groups in total. The second-order valence-corrected chi connectivity index (χ2v) is 7.00. The van der Waals surface area contributed by atoms with Gasteiger partial charge in [-0.15, -0.1) is 0 Å². The number of hydrogen-bond acceptors (Lipinski definition) is 3. The molecule has 1 heterocycles. The molecule has 0 fully saturated rings. The van der Waals surface area contributed by atoms with Gasteiger partial charge in [0.2, 0.25) is 5.91 Å². The summed E-state index contributed by atoms with van der Waals surface area (Å²) >= 11 is 0. The highest BCUT2D eigenvalue weighted by Gasteiger charge is 2.12. The van der Waals surface area contributed by atoms with Crippen molar-refractivity contribution in [3.8, 4) is 11.1 Å². The molecule has 4 nitrogen and oxygen atoms in total. The van der Waals surface area contributed by atoms with Crippen LogP contribution in [-0.4, -0.2) is 20.9 Å². The molecule has 0 saturated carbocycles. The van der Waals surface area contributed by atoms with Crippen LogP contribution in [0.25, 0.3) is 11.1 Å². The summed E-state index contributed by atoms with van der Waals surface area (Å²) in [6, 6.07) is 21.3. The zero-order valence-corrected chi connectivity index (χ0v) is 14.4. The molecule has 3 rings (SSSR count). The van der Waals surface area contributed by atoms with Crippen LogP contribution in [0.3, 0.4) is 0 Å². The Morgan fingerprint density at radius 2 is 1.72 bits per heavy atom. The number of nitrogens with one attached hydrogen (secondary N) is 1. The van der Waals surface area contributed by atoms with Crippen molar-refractivity contribution in [3.63, 3.8) is 0 Å². The highest BCUT2D eigenvalue weighted by molar-refractivity contribution is 7.85. The third-order valence-electron chi connectivity index (χ3n) is 3.66. The van der Waals surface area contributed by atoms with E-state index < -0.39 is 10.8 Å².